The van der Waals surface area contributed by atoms with Crippen LogP contribution in [0.2, 0.25) is 0 Å². The van der Waals surface area contributed by atoms with Crippen molar-refractivity contribution < 1.29 is 19.0 Å². The Kier molecular flexibility index (Phi) is 6.08. The fraction of sp³-hybridized carbons (Fsp3) is 0.625. The third kappa shape index (κ3) is 5.02. The summed E-state index contributed by atoms with van der Waals surface area (Å²) in [5, 5.41) is 19.1. The molecule has 0 aliphatic carbocycles. The van der Waals surface area contributed by atoms with Crippen LogP contribution in [-0.2, 0) is 0 Å². The molecular weight excluding hydrogens is 276 g/mol. The minimum atomic E-state index is -0.853. The number of likely N-dealkylation sites (tertiary alicyclic amines) is 1. The maximum Gasteiger partial charge on any atom is 0.126 e. The molecule has 1 saturated heterocycles. The molecule has 5 heteroatoms. The predicted octanol–water partition coefficient (Wildman–Crippen LogP) is 2.48. The van der Waals surface area contributed by atoms with Gasteiger partial charge in [0.25, 0.3) is 0 Å². The SMILES string of the molecule is OCCC1CCCN(CCC(O)c2cc(F)cc(F)c2)C1. The van der Waals surface area contributed by atoms with Crippen molar-refractivity contribution in [3.8, 4) is 0 Å². The average molecular weight is 299 g/mol. The van der Waals surface area contributed by atoms with Gasteiger partial charge < -0.3 is 15.1 Å². The minimum Gasteiger partial charge on any atom is -0.396 e. The lowest BCUT2D eigenvalue weighted by atomic mass is 9.95. The van der Waals surface area contributed by atoms with E-state index in [-0.39, 0.29) is 12.2 Å². The molecule has 0 amide bonds. The van der Waals surface area contributed by atoms with Gasteiger partial charge in [-0.3, -0.25) is 0 Å². The van der Waals surface area contributed by atoms with E-state index in [1.807, 2.05) is 0 Å². The molecule has 0 radical (unpaired) electrons. The van der Waals surface area contributed by atoms with Gasteiger partial charge in [0.15, 0.2) is 0 Å². The number of benzene rings is 1. The Morgan fingerprint density at radius 1 is 1.24 bits per heavy atom. The van der Waals surface area contributed by atoms with Gasteiger partial charge in [0.1, 0.15) is 11.6 Å². The second kappa shape index (κ2) is 7.82. The molecule has 2 atom stereocenters. The Bertz CT molecular complexity index is 434. The molecule has 118 valence electrons. The molecule has 1 aliphatic rings. The molecule has 0 saturated carbocycles. The van der Waals surface area contributed by atoms with E-state index < -0.39 is 17.7 Å². The van der Waals surface area contributed by atoms with Crippen LogP contribution in [0.4, 0.5) is 8.78 Å². The fourth-order valence-electron chi connectivity index (χ4n) is 3.01. The third-order valence-electron chi connectivity index (χ3n) is 4.13. The standard InChI is InChI=1S/C16H23F2NO2/c17-14-8-13(9-15(18)10-14)16(21)3-6-19-5-1-2-12(11-19)4-7-20/h8-10,12,16,20-21H,1-7,11H2. The van der Waals surface area contributed by atoms with Crippen LogP contribution in [0.3, 0.4) is 0 Å². The first-order valence-electron chi connectivity index (χ1n) is 7.55. The van der Waals surface area contributed by atoms with Crippen LogP contribution in [0.15, 0.2) is 18.2 Å². The zero-order valence-corrected chi connectivity index (χ0v) is 12.1. The van der Waals surface area contributed by atoms with Gasteiger partial charge in [-0.25, -0.2) is 8.78 Å². The van der Waals surface area contributed by atoms with E-state index in [1.165, 1.54) is 12.1 Å². The first-order chi connectivity index (χ1) is 10.1. The van der Waals surface area contributed by atoms with Crippen molar-refractivity contribution in [2.45, 2.75) is 31.8 Å². The second-order valence-electron chi connectivity index (χ2n) is 5.83. The van der Waals surface area contributed by atoms with Crippen molar-refractivity contribution in [3.05, 3.63) is 35.4 Å². The van der Waals surface area contributed by atoms with E-state index in [4.69, 9.17) is 5.11 Å². The van der Waals surface area contributed by atoms with E-state index in [9.17, 15) is 13.9 Å². The third-order valence-corrected chi connectivity index (χ3v) is 4.13. The summed E-state index contributed by atoms with van der Waals surface area (Å²) >= 11 is 0. The van der Waals surface area contributed by atoms with Gasteiger partial charge in [0, 0.05) is 25.8 Å². The molecule has 1 aromatic carbocycles. The Labute approximate surface area is 124 Å². The van der Waals surface area contributed by atoms with E-state index in [0.717, 1.165) is 38.4 Å². The van der Waals surface area contributed by atoms with Crippen LogP contribution in [0, 0.1) is 17.6 Å². The zero-order valence-electron chi connectivity index (χ0n) is 12.1. The lowest BCUT2D eigenvalue weighted by Crippen LogP contribution is -2.36. The molecule has 0 aromatic heterocycles. The maximum atomic E-state index is 13.1. The van der Waals surface area contributed by atoms with E-state index in [0.29, 0.717) is 18.9 Å². The summed E-state index contributed by atoms with van der Waals surface area (Å²) in [6.45, 7) is 2.81. The van der Waals surface area contributed by atoms with Gasteiger partial charge in [-0.2, -0.15) is 0 Å². The lowest BCUT2D eigenvalue weighted by Gasteiger charge is -2.33. The average Bonchev–Trinajstić information content (AvgIpc) is 2.44. The van der Waals surface area contributed by atoms with Crippen molar-refractivity contribution >= 4 is 0 Å². The van der Waals surface area contributed by atoms with Crippen molar-refractivity contribution in [2.75, 3.05) is 26.2 Å². The number of hydrogen-bond donors (Lipinski definition) is 2. The predicted molar refractivity (Wildman–Crippen MR) is 76.8 cm³/mol. The van der Waals surface area contributed by atoms with Crippen molar-refractivity contribution in [1.82, 2.24) is 4.90 Å². The first kappa shape index (κ1) is 16.3. The van der Waals surface area contributed by atoms with Gasteiger partial charge in [0.2, 0.25) is 0 Å². The van der Waals surface area contributed by atoms with Gasteiger partial charge in [0.05, 0.1) is 6.10 Å². The molecule has 1 fully saturated rings. The van der Waals surface area contributed by atoms with Crippen molar-refractivity contribution in [1.29, 1.82) is 0 Å². The summed E-state index contributed by atoms with van der Waals surface area (Å²) < 4.78 is 26.3. The smallest absolute Gasteiger partial charge is 0.126 e. The topological polar surface area (TPSA) is 43.7 Å². The molecule has 1 aromatic rings. The first-order valence-corrected chi connectivity index (χ1v) is 7.55. The van der Waals surface area contributed by atoms with Crippen molar-refractivity contribution in [3.63, 3.8) is 0 Å². The molecule has 1 aliphatic heterocycles. The van der Waals surface area contributed by atoms with Crippen LogP contribution < -0.4 is 0 Å². The van der Waals surface area contributed by atoms with E-state index >= 15 is 0 Å². The number of nitrogens with zero attached hydrogens (tertiary/aromatic N) is 1. The summed E-state index contributed by atoms with van der Waals surface area (Å²) in [6.07, 6.45) is 2.64. The summed E-state index contributed by atoms with van der Waals surface area (Å²) in [4.78, 5) is 2.25. The molecule has 0 bridgehead atoms. The summed E-state index contributed by atoms with van der Waals surface area (Å²) in [6, 6.07) is 3.16. The van der Waals surface area contributed by atoms with Gasteiger partial charge >= 0.3 is 0 Å². The quantitative estimate of drug-likeness (QED) is 0.848. The summed E-state index contributed by atoms with van der Waals surface area (Å²) in [5.74, 6) is -0.817. The molecule has 0 spiro atoms. The number of rotatable bonds is 6. The summed E-state index contributed by atoms with van der Waals surface area (Å²) in [7, 11) is 0. The van der Waals surface area contributed by atoms with Gasteiger partial charge in [-0.05, 0) is 55.8 Å². The van der Waals surface area contributed by atoms with Crippen LogP contribution >= 0.6 is 0 Å². The van der Waals surface area contributed by atoms with Crippen LogP contribution in [0.5, 0.6) is 0 Å². The lowest BCUT2D eigenvalue weighted by molar-refractivity contribution is 0.110. The Morgan fingerprint density at radius 2 is 1.95 bits per heavy atom. The molecule has 3 nitrogen and oxygen atoms in total. The molecule has 2 rings (SSSR count). The monoisotopic (exact) mass is 299 g/mol. The number of piperidine rings is 1. The highest BCUT2D eigenvalue weighted by Crippen LogP contribution is 2.23. The largest absolute Gasteiger partial charge is 0.396 e. The zero-order chi connectivity index (χ0) is 15.2. The number of aliphatic hydroxyl groups excluding tert-OH is 2. The number of hydrogen-bond acceptors (Lipinski definition) is 3. The van der Waals surface area contributed by atoms with Gasteiger partial charge in [-0.1, -0.05) is 0 Å². The highest BCUT2D eigenvalue weighted by atomic mass is 19.1. The molecule has 21 heavy (non-hydrogen) atoms. The Balaban J connectivity index is 1.84. The Hall–Kier alpha value is -1.04. The van der Waals surface area contributed by atoms with E-state index in [1.54, 1.807) is 0 Å². The molecule has 1 heterocycles. The number of halogens is 2. The number of aliphatic hydroxyl groups is 2. The highest BCUT2D eigenvalue weighted by molar-refractivity contribution is 5.20. The van der Waals surface area contributed by atoms with Crippen molar-refractivity contribution in [2.24, 2.45) is 5.92 Å². The second-order valence-corrected chi connectivity index (χ2v) is 5.83. The molecule has 2 N–H and O–H groups in total. The highest BCUT2D eigenvalue weighted by Gasteiger charge is 2.20. The summed E-state index contributed by atoms with van der Waals surface area (Å²) in [5.41, 5.74) is 0.288. The van der Waals surface area contributed by atoms with Crippen LogP contribution in [-0.4, -0.2) is 41.4 Å². The Morgan fingerprint density at radius 3 is 2.62 bits per heavy atom. The van der Waals surface area contributed by atoms with Crippen LogP contribution in [0.25, 0.3) is 0 Å². The molecular formula is C16H23F2NO2. The van der Waals surface area contributed by atoms with E-state index in [2.05, 4.69) is 4.90 Å². The maximum absolute atomic E-state index is 13.1. The molecule has 2 unspecified atom stereocenters. The normalized spacial score (nSPS) is 21.4. The van der Waals surface area contributed by atoms with Crippen LogP contribution in [0.1, 0.15) is 37.4 Å². The minimum absolute atomic E-state index is 0.212. The van der Waals surface area contributed by atoms with Gasteiger partial charge in [-0.15, -0.1) is 0 Å². The fourth-order valence-corrected chi connectivity index (χ4v) is 3.01.